The molecule has 0 aliphatic carbocycles. The second kappa shape index (κ2) is 8.88. The number of benzene rings is 1. The summed E-state index contributed by atoms with van der Waals surface area (Å²) in [6.07, 6.45) is 1.70. The van der Waals surface area contributed by atoms with Gasteiger partial charge in [0.2, 0.25) is 11.5 Å². The van der Waals surface area contributed by atoms with Gasteiger partial charge >= 0.3 is 17.6 Å². The van der Waals surface area contributed by atoms with E-state index < -0.39 is 11.6 Å². The van der Waals surface area contributed by atoms with E-state index in [1.807, 2.05) is 0 Å². The Labute approximate surface area is 155 Å². The van der Waals surface area contributed by atoms with Gasteiger partial charge < -0.3 is 23.4 Å². The maximum Gasteiger partial charge on any atom is 0.336 e. The molecule has 2 rings (SSSR count). The minimum absolute atomic E-state index is 0.0411. The highest BCUT2D eigenvalue weighted by molar-refractivity contribution is 5.90. The van der Waals surface area contributed by atoms with E-state index >= 15 is 0 Å². The lowest BCUT2D eigenvalue weighted by Crippen LogP contribution is -2.08. The van der Waals surface area contributed by atoms with E-state index in [0.717, 1.165) is 5.57 Å². The normalized spacial score (nSPS) is 11.2. The quantitative estimate of drug-likeness (QED) is 0.315. The summed E-state index contributed by atoms with van der Waals surface area (Å²) in [5.74, 6) is -0.611. The summed E-state index contributed by atoms with van der Waals surface area (Å²) in [6.45, 7) is 4.54. The minimum atomic E-state index is -0.609. The predicted molar refractivity (Wildman–Crippen MR) is 96.2 cm³/mol. The van der Waals surface area contributed by atoms with E-state index in [9.17, 15) is 14.4 Å². The Morgan fingerprint density at radius 3 is 2.48 bits per heavy atom. The van der Waals surface area contributed by atoms with Crippen LogP contribution < -0.4 is 19.8 Å². The number of carbonyl (C=O) groups is 2. The van der Waals surface area contributed by atoms with Crippen LogP contribution >= 0.6 is 0 Å². The zero-order chi connectivity index (χ0) is 20.0. The molecule has 8 heteroatoms. The highest BCUT2D eigenvalue weighted by Crippen LogP contribution is 2.43. The Morgan fingerprint density at radius 2 is 1.85 bits per heavy atom. The van der Waals surface area contributed by atoms with Gasteiger partial charge in [-0.1, -0.05) is 0 Å². The molecule has 0 N–H and O–H groups in total. The summed E-state index contributed by atoms with van der Waals surface area (Å²) in [5.41, 5.74) is 0.253. The zero-order valence-electron chi connectivity index (χ0n) is 15.5. The Balaban J connectivity index is 2.40. The molecule has 0 amide bonds. The van der Waals surface area contributed by atoms with Crippen molar-refractivity contribution in [3.05, 3.63) is 40.3 Å². The standard InChI is InChI=1S/C19H20O8/c1-11(10-25-12(2)20)7-8-24-18-15(23-4)9-14-5-6-16(22)27-17(14)19(18)26-13(3)21/h5-7,9H,8,10H2,1-4H3/b11-7+. The van der Waals surface area contributed by atoms with E-state index in [-0.39, 0.29) is 36.3 Å². The first-order valence-corrected chi connectivity index (χ1v) is 8.07. The first kappa shape index (κ1) is 20.0. The Hall–Kier alpha value is -3.29. The minimum Gasteiger partial charge on any atom is -0.493 e. The summed E-state index contributed by atoms with van der Waals surface area (Å²) in [6, 6.07) is 4.39. The molecule has 144 valence electrons. The van der Waals surface area contributed by atoms with Crippen LogP contribution in [0.3, 0.4) is 0 Å². The second-order valence-corrected chi connectivity index (χ2v) is 5.65. The average molecular weight is 376 g/mol. The lowest BCUT2D eigenvalue weighted by molar-refractivity contribution is -0.140. The first-order valence-electron chi connectivity index (χ1n) is 8.07. The molecule has 0 bridgehead atoms. The van der Waals surface area contributed by atoms with Gasteiger partial charge in [-0.15, -0.1) is 0 Å². The largest absolute Gasteiger partial charge is 0.493 e. The second-order valence-electron chi connectivity index (χ2n) is 5.65. The van der Waals surface area contributed by atoms with E-state index in [1.54, 1.807) is 19.1 Å². The van der Waals surface area contributed by atoms with Crippen molar-refractivity contribution in [3.8, 4) is 17.2 Å². The number of hydrogen-bond donors (Lipinski definition) is 0. The molecule has 1 aromatic carbocycles. The van der Waals surface area contributed by atoms with Gasteiger partial charge in [-0.3, -0.25) is 9.59 Å². The molecular weight excluding hydrogens is 356 g/mol. The maximum atomic E-state index is 11.6. The number of carbonyl (C=O) groups excluding carboxylic acids is 2. The highest BCUT2D eigenvalue weighted by atomic mass is 16.6. The van der Waals surface area contributed by atoms with Crippen LogP contribution in [0.25, 0.3) is 11.0 Å². The molecule has 8 nitrogen and oxygen atoms in total. The SMILES string of the molecule is COc1cc2ccc(=O)oc2c(OC(C)=O)c1OC/C=C(\C)COC(C)=O. The van der Waals surface area contributed by atoms with Gasteiger partial charge in [0.1, 0.15) is 13.2 Å². The topological polar surface area (TPSA) is 101 Å². The van der Waals surface area contributed by atoms with E-state index in [2.05, 4.69) is 0 Å². The Kier molecular flexibility index (Phi) is 6.59. The number of hydrogen-bond acceptors (Lipinski definition) is 8. The molecule has 1 aromatic heterocycles. The van der Waals surface area contributed by atoms with Crippen LogP contribution in [0, 0.1) is 0 Å². The van der Waals surface area contributed by atoms with Crippen LogP contribution in [-0.4, -0.2) is 32.3 Å². The van der Waals surface area contributed by atoms with Crippen LogP contribution in [0.2, 0.25) is 0 Å². The number of ether oxygens (including phenoxy) is 4. The van der Waals surface area contributed by atoms with E-state index in [0.29, 0.717) is 11.1 Å². The summed E-state index contributed by atoms with van der Waals surface area (Å²) < 4.78 is 26.3. The number of methoxy groups -OCH3 is 1. The Morgan fingerprint density at radius 1 is 1.11 bits per heavy atom. The molecule has 2 aromatic rings. The van der Waals surface area contributed by atoms with Crippen molar-refractivity contribution in [1.29, 1.82) is 0 Å². The summed E-state index contributed by atoms with van der Waals surface area (Å²) in [7, 11) is 1.44. The molecule has 0 aliphatic rings. The van der Waals surface area contributed by atoms with Crippen molar-refractivity contribution >= 4 is 22.9 Å². The third-order valence-electron chi connectivity index (χ3n) is 3.41. The molecular formula is C19H20O8. The zero-order valence-corrected chi connectivity index (χ0v) is 15.5. The van der Waals surface area contributed by atoms with Gasteiger partial charge in [0.05, 0.1) is 7.11 Å². The maximum absolute atomic E-state index is 11.6. The molecule has 0 saturated carbocycles. The lowest BCUT2D eigenvalue weighted by Gasteiger charge is -2.15. The fraction of sp³-hybridized carbons (Fsp3) is 0.316. The molecule has 0 atom stereocenters. The molecule has 1 heterocycles. The van der Waals surface area contributed by atoms with Crippen LogP contribution in [-0.2, 0) is 14.3 Å². The molecule has 0 radical (unpaired) electrons. The summed E-state index contributed by atoms with van der Waals surface area (Å²) in [5, 5.41) is 0.511. The molecule has 0 spiro atoms. The smallest absolute Gasteiger partial charge is 0.336 e. The van der Waals surface area contributed by atoms with Crippen LogP contribution in [0.5, 0.6) is 17.2 Å². The van der Waals surface area contributed by atoms with Gasteiger partial charge in [0.25, 0.3) is 0 Å². The first-order chi connectivity index (χ1) is 12.8. The Bertz CT molecular complexity index is 939. The number of fused-ring (bicyclic) bond motifs is 1. The number of rotatable bonds is 7. The van der Waals surface area contributed by atoms with E-state index in [1.165, 1.54) is 33.1 Å². The van der Waals surface area contributed by atoms with Crippen molar-refractivity contribution in [2.24, 2.45) is 0 Å². The highest BCUT2D eigenvalue weighted by Gasteiger charge is 2.21. The van der Waals surface area contributed by atoms with Crippen molar-refractivity contribution < 1.29 is 33.0 Å². The molecule has 0 aliphatic heterocycles. The number of esters is 2. The van der Waals surface area contributed by atoms with Gasteiger partial charge in [0.15, 0.2) is 11.3 Å². The summed E-state index contributed by atoms with van der Waals surface area (Å²) >= 11 is 0. The van der Waals surface area contributed by atoms with Gasteiger partial charge in [-0.05, 0) is 30.7 Å². The summed E-state index contributed by atoms with van der Waals surface area (Å²) in [4.78, 5) is 34.0. The predicted octanol–water partition coefficient (Wildman–Crippen LogP) is 2.62. The van der Waals surface area contributed by atoms with Crippen LogP contribution in [0.4, 0.5) is 0 Å². The van der Waals surface area contributed by atoms with Crippen molar-refractivity contribution in [2.75, 3.05) is 20.3 Å². The molecule has 0 fully saturated rings. The fourth-order valence-corrected chi connectivity index (χ4v) is 2.21. The monoisotopic (exact) mass is 376 g/mol. The van der Waals surface area contributed by atoms with Gasteiger partial charge in [0, 0.05) is 25.3 Å². The van der Waals surface area contributed by atoms with Crippen LogP contribution in [0.15, 0.2) is 39.1 Å². The fourth-order valence-electron chi connectivity index (χ4n) is 2.21. The molecule has 0 unspecified atom stereocenters. The molecule has 0 saturated heterocycles. The molecule has 27 heavy (non-hydrogen) atoms. The lowest BCUT2D eigenvalue weighted by atomic mass is 10.2. The van der Waals surface area contributed by atoms with E-state index in [4.69, 9.17) is 23.4 Å². The van der Waals surface area contributed by atoms with Crippen molar-refractivity contribution in [1.82, 2.24) is 0 Å². The van der Waals surface area contributed by atoms with Crippen molar-refractivity contribution in [2.45, 2.75) is 20.8 Å². The van der Waals surface area contributed by atoms with Gasteiger partial charge in [-0.25, -0.2) is 4.79 Å². The van der Waals surface area contributed by atoms with Gasteiger partial charge in [-0.2, -0.15) is 0 Å². The van der Waals surface area contributed by atoms with Crippen LogP contribution in [0.1, 0.15) is 20.8 Å². The average Bonchev–Trinajstić information content (AvgIpc) is 2.61. The third-order valence-corrected chi connectivity index (χ3v) is 3.41. The third kappa shape index (κ3) is 5.34. The van der Waals surface area contributed by atoms with Crippen molar-refractivity contribution in [3.63, 3.8) is 0 Å².